The van der Waals surface area contributed by atoms with Crippen LogP contribution in [0.25, 0.3) is 0 Å². The Labute approximate surface area is 109 Å². The smallest absolute Gasteiger partial charge is 0.159 e. The van der Waals surface area contributed by atoms with Gasteiger partial charge in [0.15, 0.2) is 11.6 Å². The van der Waals surface area contributed by atoms with Gasteiger partial charge in [-0.3, -0.25) is 0 Å². The normalized spacial score (nSPS) is 11.8. The van der Waals surface area contributed by atoms with Gasteiger partial charge in [-0.15, -0.1) is 0 Å². The third-order valence-electron chi connectivity index (χ3n) is 3.81. The number of benzene rings is 1. The molecule has 3 heteroatoms. The molecule has 1 aromatic rings. The Morgan fingerprint density at radius 1 is 1.06 bits per heavy atom. The molecule has 1 nitrogen and oxygen atoms in total. The molecule has 0 atom stereocenters. The summed E-state index contributed by atoms with van der Waals surface area (Å²) in [7, 11) is 0. The van der Waals surface area contributed by atoms with E-state index < -0.39 is 11.6 Å². The molecule has 0 aliphatic heterocycles. The molecule has 1 rings (SSSR count). The quantitative estimate of drug-likeness (QED) is 0.778. The van der Waals surface area contributed by atoms with Gasteiger partial charge in [0.1, 0.15) is 0 Å². The fourth-order valence-electron chi connectivity index (χ4n) is 2.29. The molecule has 1 N–H and O–H groups in total. The maximum atomic E-state index is 13.2. The van der Waals surface area contributed by atoms with Crippen LogP contribution in [0.2, 0.25) is 0 Å². The molecule has 0 spiro atoms. The SMILES string of the molecule is CCNCC(CC)(CC)Cc1ccc(F)c(F)c1. The van der Waals surface area contributed by atoms with Crippen LogP contribution in [0, 0.1) is 17.0 Å². The Balaban J connectivity index is 2.84. The van der Waals surface area contributed by atoms with Crippen molar-refractivity contribution in [3.8, 4) is 0 Å². The molecular weight excluding hydrogens is 232 g/mol. The summed E-state index contributed by atoms with van der Waals surface area (Å²) in [6, 6.07) is 4.22. The summed E-state index contributed by atoms with van der Waals surface area (Å²) in [5.41, 5.74) is 0.996. The van der Waals surface area contributed by atoms with Crippen LogP contribution >= 0.6 is 0 Å². The Bertz CT molecular complexity index is 373. The van der Waals surface area contributed by atoms with Crippen LogP contribution in [0.5, 0.6) is 0 Å². The Morgan fingerprint density at radius 2 is 1.72 bits per heavy atom. The van der Waals surface area contributed by atoms with Gasteiger partial charge in [0.25, 0.3) is 0 Å². The number of hydrogen-bond acceptors (Lipinski definition) is 1. The predicted octanol–water partition coefficient (Wildman–Crippen LogP) is 3.92. The van der Waals surface area contributed by atoms with E-state index in [1.165, 1.54) is 12.1 Å². The topological polar surface area (TPSA) is 12.0 Å². The lowest BCUT2D eigenvalue weighted by Gasteiger charge is -2.32. The van der Waals surface area contributed by atoms with E-state index in [0.29, 0.717) is 0 Å². The first-order chi connectivity index (χ1) is 8.56. The van der Waals surface area contributed by atoms with Gasteiger partial charge in [0.05, 0.1) is 0 Å². The van der Waals surface area contributed by atoms with Gasteiger partial charge in [-0.05, 0) is 48.9 Å². The van der Waals surface area contributed by atoms with Crippen LogP contribution in [0.4, 0.5) is 8.78 Å². The van der Waals surface area contributed by atoms with Gasteiger partial charge in [0, 0.05) is 6.54 Å². The van der Waals surface area contributed by atoms with E-state index in [-0.39, 0.29) is 5.41 Å². The van der Waals surface area contributed by atoms with Crippen LogP contribution in [-0.4, -0.2) is 13.1 Å². The van der Waals surface area contributed by atoms with Crippen molar-refractivity contribution >= 4 is 0 Å². The molecule has 0 aromatic heterocycles. The van der Waals surface area contributed by atoms with Gasteiger partial charge in [0.2, 0.25) is 0 Å². The molecule has 0 saturated heterocycles. The summed E-state index contributed by atoms with van der Waals surface area (Å²) in [5.74, 6) is -1.53. The average molecular weight is 255 g/mol. The van der Waals surface area contributed by atoms with Crippen molar-refractivity contribution in [3.63, 3.8) is 0 Å². The molecule has 0 saturated carbocycles. The van der Waals surface area contributed by atoms with Gasteiger partial charge in [-0.1, -0.05) is 26.8 Å². The summed E-state index contributed by atoms with van der Waals surface area (Å²) in [5, 5.41) is 3.37. The molecule has 0 aliphatic carbocycles. The van der Waals surface area contributed by atoms with E-state index in [2.05, 4.69) is 26.1 Å². The zero-order chi connectivity index (χ0) is 13.6. The number of halogens is 2. The molecule has 0 amide bonds. The molecule has 1 aromatic carbocycles. The van der Waals surface area contributed by atoms with E-state index >= 15 is 0 Å². The van der Waals surface area contributed by atoms with Crippen molar-refractivity contribution in [2.45, 2.75) is 40.0 Å². The van der Waals surface area contributed by atoms with Crippen LogP contribution < -0.4 is 5.32 Å². The second-order valence-electron chi connectivity index (χ2n) is 4.91. The largest absolute Gasteiger partial charge is 0.316 e. The van der Waals surface area contributed by atoms with Crippen molar-refractivity contribution in [2.75, 3.05) is 13.1 Å². The molecule has 0 aliphatic rings. The number of nitrogens with one attached hydrogen (secondary N) is 1. The average Bonchev–Trinajstić information content (AvgIpc) is 2.39. The minimum absolute atomic E-state index is 0.125. The monoisotopic (exact) mass is 255 g/mol. The summed E-state index contributed by atoms with van der Waals surface area (Å²) in [6.07, 6.45) is 2.83. The molecule has 102 valence electrons. The van der Waals surface area contributed by atoms with E-state index in [0.717, 1.165) is 37.9 Å². The maximum absolute atomic E-state index is 13.2. The van der Waals surface area contributed by atoms with Crippen molar-refractivity contribution in [2.24, 2.45) is 5.41 Å². The fraction of sp³-hybridized carbons (Fsp3) is 0.600. The Hall–Kier alpha value is -0.960. The van der Waals surface area contributed by atoms with E-state index in [4.69, 9.17) is 0 Å². The predicted molar refractivity (Wildman–Crippen MR) is 71.6 cm³/mol. The standard InChI is InChI=1S/C15H23F2N/c1-4-15(5-2,11-18-6-3)10-12-7-8-13(16)14(17)9-12/h7-9,18H,4-6,10-11H2,1-3H3. The van der Waals surface area contributed by atoms with Crippen LogP contribution in [0.1, 0.15) is 39.2 Å². The van der Waals surface area contributed by atoms with Gasteiger partial charge in [-0.2, -0.15) is 0 Å². The third-order valence-corrected chi connectivity index (χ3v) is 3.81. The lowest BCUT2D eigenvalue weighted by molar-refractivity contribution is 0.248. The van der Waals surface area contributed by atoms with Crippen LogP contribution in [0.3, 0.4) is 0 Å². The highest BCUT2D eigenvalue weighted by atomic mass is 19.2. The fourth-order valence-corrected chi connectivity index (χ4v) is 2.29. The minimum atomic E-state index is -0.774. The van der Waals surface area contributed by atoms with Crippen molar-refractivity contribution in [1.29, 1.82) is 0 Å². The zero-order valence-electron chi connectivity index (χ0n) is 11.5. The summed E-state index contributed by atoms with van der Waals surface area (Å²) < 4.78 is 26.1. The van der Waals surface area contributed by atoms with Gasteiger partial charge >= 0.3 is 0 Å². The third kappa shape index (κ3) is 3.77. The highest BCUT2D eigenvalue weighted by molar-refractivity contribution is 5.19. The molecule has 0 unspecified atom stereocenters. The van der Waals surface area contributed by atoms with Crippen molar-refractivity contribution in [3.05, 3.63) is 35.4 Å². The lowest BCUT2D eigenvalue weighted by Crippen LogP contribution is -2.35. The molecule has 0 fully saturated rings. The first-order valence-electron chi connectivity index (χ1n) is 6.71. The van der Waals surface area contributed by atoms with Crippen LogP contribution in [-0.2, 0) is 6.42 Å². The van der Waals surface area contributed by atoms with Crippen LogP contribution in [0.15, 0.2) is 18.2 Å². The highest BCUT2D eigenvalue weighted by Crippen LogP contribution is 2.30. The maximum Gasteiger partial charge on any atom is 0.159 e. The lowest BCUT2D eigenvalue weighted by atomic mass is 9.77. The summed E-state index contributed by atoms with van der Waals surface area (Å²) in [6.45, 7) is 8.23. The molecule has 0 radical (unpaired) electrons. The second-order valence-corrected chi connectivity index (χ2v) is 4.91. The first kappa shape index (κ1) is 15.1. The van der Waals surface area contributed by atoms with Crippen molar-refractivity contribution < 1.29 is 8.78 Å². The summed E-state index contributed by atoms with van der Waals surface area (Å²) in [4.78, 5) is 0. The second kappa shape index (κ2) is 6.83. The highest BCUT2D eigenvalue weighted by Gasteiger charge is 2.26. The number of hydrogen-bond donors (Lipinski definition) is 1. The molecule has 18 heavy (non-hydrogen) atoms. The number of rotatable bonds is 7. The van der Waals surface area contributed by atoms with E-state index in [1.54, 1.807) is 6.07 Å². The Morgan fingerprint density at radius 3 is 2.22 bits per heavy atom. The molecular formula is C15H23F2N. The van der Waals surface area contributed by atoms with Crippen molar-refractivity contribution in [1.82, 2.24) is 5.32 Å². The van der Waals surface area contributed by atoms with Gasteiger partial charge < -0.3 is 5.32 Å². The zero-order valence-corrected chi connectivity index (χ0v) is 11.5. The minimum Gasteiger partial charge on any atom is -0.316 e. The Kier molecular flexibility index (Phi) is 5.73. The van der Waals surface area contributed by atoms with E-state index in [1.807, 2.05) is 0 Å². The first-order valence-corrected chi connectivity index (χ1v) is 6.71. The van der Waals surface area contributed by atoms with Gasteiger partial charge in [-0.25, -0.2) is 8.78 Å². The molecule has 0 bridgehead atoms. The molecule has 0 heterocycles. The van der Waals surface area contributed by atoms with E-state index in [9.17, 15) is 8.78 Å². The summed E-state index contributed by atoms with van der Waals surface area (Å²) >= 11 is 0.